The second-order valence-corrected chi connectivity index (χ2v) is 4.33. The summed E-state index contributed by atoms with van der Waals surface area (Å²) in [6.45, 7) is 7.00. The summed E-state index contributed by atoms with van der Waals surface area (Å²) in [7, 11) is 0. The summed E-state index contributed by atoms with van der Waals surface area (Å²) in [5, 5.41) is 7.58. The van der Waals surface area contributed by atoms with Gasteiger partial charge in [-0.3, -0.25) is 10.3 Å². The van der Waals surface area contributed by atoms with E-state index in [0.29, 0.717) is 5.84 Å². The first-order valence-corrected chi connectivity index (χ1v) is 5.82. The molecule has 0 unspecified atom stereocenters. The largest absolute Gasteiger partial charge is 0.358 e. The van der Waals surface area contributed by atoms with Gasteiger partial charge in [-0.1, -0.05) is 30.3 Å². The van der Waals surface area contributed by atoms with Crippen molar-refractivity contribution in [3.05, 3.63) is 35.9 Å². The van der Waals surface area contributed by atoms with Crippen molar-refractivity contribution in [1.29, 1.82) is 5.41 Å². The number of hydrogen-bond donors (Lipinski definition) is 1. The molecule has 86 valence electrons. The Morgan fingerprint density at radius 1 is 1.12 bits per heavy atom. The van der Waals surface area contributed by atoms with Gasteiger partial charge in [0.1, 0.15) is 0 Å². The van der Waals surface area contributed by atoms with Crippen LogP contribution in [0.4, 0.5) is 0 Å². The van der Waals surface area contributed by atoms with E-state index >= 15 is 0 Å². The van der Waals surface area contributed by atoms with Crippen LogP contribution in [0.3, 0.4) is 0 Å². The molecule has 1 saturated heterocycles. The molecule has 16 heavy (non-hydrogen) atoms. The molecule has 3 nitrogen and oxygen atoms in total. The van der Waals surface area contributed by atoms with Crippen molar-refractivity contribution in [3.63, 3.8) is 0 Å². The van der Waals surface area contributed by atoms with Gasteiger partial charge >= 0.3 is 0 Å². The molecule has 1 fully saturated rings. The topological polar surface area (TPSA) is 30.3 Å². The molecule has 1 N–H and O–H groups in total. The lowest BCUT2D eigenvalue weighted by Gasteiger charge is -2.35. The molecule has 1 aromatic carbocycles. The molecule has 0 amide bonds. The first-order valence-electron chi connectivity index (χ1n) is 5.82. The molecule has 0 aliphatic carbocycles. The van der Waals surface area contributed by atoms with Gasteiger partial charge in [-0.2, -0.15) is 0 Å². The van der Waals surface area contributed by atoms with Crippen LogP contribution in [0.5, 0.6) is 0 Å². The third-order valence-corrected chi connectivity index (χ3v) is 3.10. The Kier molecular flexibility index (Phi) is 3.57. The minimum Gasteiger partial charge on any atom is -0.358 e. The van der Waals surface area contributed by atoms with Crippen LogP contribution < -0.4 is 0 Å². The second kappa shape index (κ2) is 5.12. The van der Waals surface area contributed by atoms with E-state index in [0.717, 1.165) is 32.7 Å². The average Bonchev–Trinajstić information content (AvgIpc) is 2.31. The number of amidine groups is 1. The molecule has 1 aliphatic rings. The molecule has 0 bridgehead atoms. The Bertz CT molecular complexity index is 339. The quantitative estimate of drug-likeness (QED) is 0.605. The molecule has 0 aromatic heterocycles. The van der Waals surface area contributed by atoms with Crippen molar-refractivity contribution in [2.45, 2.75) is 13.5 Å². The molecule has 0 saturated carbocycles. The second-order valence-electron chi connectivity index (χ2n) is 4.33. The molecule has 0 atom stereocenters. The fourth-order valence-electron chi connectivity index (χ4n) is 2.08. The number of nitrogens with one attached hydrogen (secondary N) is 1. The van der Waals surface area contributed by atoms with E-state index in [2.05, 4.69) is 40.1 Å². The van der Waals surface area contributed by atoms with Crippen molar-refractivity contribution in [1.82, 2.24) is 9.80 Å². The predicted molar refractivity (Wildman–Crippen MR) is 66.7 cm³/mol. The molecule has 1 heterocycles. The Balaban J connectivity index is 1.84. The van der Waals surface area contributed by atoms with Gasteiger partial charge < -0.3 is 4.90 Å². The molecular weight excluding hydrogens is 198 g/mol. The van der Waals surface area contributed by atoms with Crippen molar-refractivity contribution >= 4 is 5.84 Å². The van der Waals surface area contributed by atoms with Crippen LogP contribution >= 0.6 is 0 Å². The van der Waals surface area contributed by atoms with E-state index in [4.69, 9.17) is 5.41 Å². The highest BCUT2D eigenvalue weighted by Gasteiger charge is 2.16. The standard InChI is InChI=1S/C13H19N3/c1-12(14)16-9-7-15(8-10-16)11-13-5-3-2-4-6-13/h2-6,14H,7-11H2,1H3. The van der Waals surface area contributed by atoms with Gasteiger partial charge in [-0.25, -0.2) is 0 Å². The highest BCUT2D eigenvalue weighted by Crippen LogP contribution is 2.08. The number of piperazine rings is 1. The van der Waals surface area contributed by atoms with Crippen LogP contribution in [0, 0.1) is 5.41 Å². The Morgan fingerprint density at radius 3 is 2.31 bits per heavy atom. The Hall–Kier alpha value is -1.35. The normalized spacial score (nSPS) is 17.4. The lowest BCUT2D eigenvalue weighted by atomic mass is 10.2. The SMILES string of the molecule is CC(=N)N1CCN(Cc2ccccc2)CC1. The highest BCUT2D eigenvalue weighted by molar-refractivity contribution is 5.76. The van der Waals surface area contributed by atoms with Gasteiger partial charge in [0, 0.05) is 32.7 Å². The Labute approximate surface area is 97.2 Å². The average molecular weight is 217 g/mol. The Morgan fingerprint density at radius 2 is 1.75 bits per heavy atom. The summed E-state index contributed by atoms with van der Waals surface area (Å²) in [4.78, 5) is 4.59. The van der Waals surface area contributed by atoms with Crippen molar-refractivity contribution in [2.75, 3.05) is 26.2 Å². The number of rotatable bonds is 2. The summed E-state index contributed by atoms with van der Waals surface area (Å²) in [5.74, 6) is 0.694. The minimum atomic E-state index is 0.694. The third kappa shape index (κ3) is 2.83. The van der Waals surface area contributed by atoms with E-state index in [1.807, 2.05) is 6.92 Å². The van der Waals surface area contributed by atoms with Crippen LogP contribution in [-0.2, 0) is 6.54 Å². The first kappa shape index (κ1) is 11.1. The third-order valence-electron chi connectivity index (χ3n) is 3.10. The smallest absolute Gasteiger partial charge is 0.0926 e. The maximum Gasteiger partial charge on any atom is 0.0926 e. The number of nitrogens with zero attached hydrogens (tertiary/aromatic N) is 2. The summed E-state index contributed by atoms with van der Waals surface area (Å²) < 4.78 is 0. The monoisotopic (exact) mass is 217 g/mol. The maximum atomic E-state index is 7.58. The van der Waals surface area contributed by atoms with Gasteiger partial charge in [0.25, 0.3) is 0 Å². The molecule has 0 radical (unpaired) electrons. The van der Waals surface area contributed by atoms with Crippen LogP contribution in [-0.4, -0.2) is 41.8 Å². The molecule has 1 aromatic rings. The van der Waals surface area contributed by atoms with E-state index in [-0.39, 0.29) is 0 Å². The lowest BCUT2D eigenvalue weighted by Crippen LogP contribution is -2.47. The van der Waals surface area contributed by atoms with Crippen molar-refractivity contribution in [3.8, 4) is 0 Å². The number of benzene rings is 1. The summed E-state index contributed by atoms with van der Waals surface area (Å²) in [6.07, 6.45) is 0. The van der Waals surface area contributed by atoms with Gasteiger partial charge in [-0.05, 0) is 12.5 Å². The molecule has 3 heteroatoms. The zero-order chi connectivity index (χ0) is 11.4. The van der Waals surface area contributed by atoms with E-state index in [1.54, 1.807) is 0 Å². The molecule has 0 spiro atoms. The zero-order valence-electron chi connectivity index (χ0n) is 9.82. The van der Waals surface area contributed by atoms with Gasteiger partial charge in [0.05, 0.1) is 5.84 Å². The van der Waals surface area contributed by atoms with Gasteiger partial charge in [0.2, 0.25) is 0 Å². The fraction of sp³-hybridized carbons (Fsp3) is 0.462. The molecular formula is C13H19N3. The van der Waals surface area contributed by atoms with E-state index in [9.17, 15) is 0 Å². The van der Waals surface area contributed by atoms with Crippen LogP contribution in [0.2, 0.25) is 0 Å². The summed E-state index contributed by atoms with van der Waals surface area (Å²) >= 11 is 0. The van der Waals surface area contributed by atoms with Gasteiger partial charge in [0.15, 0.2) is 0 Å². The van der Waals surface area contributed by atoms with Crippen molar-refractivity contribution in [2.24, 2.45) is 0 Å². The van der Waals surface area contributed by atoms with Crippen LogP contribution in [0.15, 0.2) is 30.3 Å². The first-order chi connectivity index (χ1) is 7.75. The fourth-order valence-corrected chi connectivity index (χ4v) is 2.08. The predicted octanol–water partition coefficient (Wildman–Crippen LogP) is 1.80. The van der Waals surface area contributed by atoms with Crippen LogP contribution in [0.25, 0.3) is 0 Å². The summed E-state index contributed by atoms with van der Waals surface area (Å²) in [5.41, 5.74) is 1.38. The highest BCUT2D eigenvalue weighted by atomic mass is 15.3. The minimum absolute atomic E-state index is 0.694. The lowest BCUT2D eigenvalue weighted by molar-refractivity contribution is 0.174. The van der Waals surface area contributed by atoms with Crippen molar-refractivity contribution < 1.29 is 0 Å². The maximum absolute atomic E-state index is 7.58. The zero-order valence-corrected chi connectivity index (χ0v) is 9.82. The van der Waals surface area contributed by atoms with Gasteiger partial charge in [-0.15, -0.1) is 0 Å². The summed E-state index contributed by atoms with van der Waals surface area (Å²) in [6, 6.07) is 10.6. The van der Waals surface area contributed by atoms with Crippen LogP contribution in [0.1, 0.15) is 12.5 Å². The van der Waals surface area contributed by atoms with E-state index < -0.39 is 0 Å². The number of hydrogen-bond acceptors (Lipinski definition) is 2. The van der Waals surface area contributed by atoms with E-state index in [1.165, 1.54) is 5.56 Å². The molecule has 2 rings (SSSR count). The molecule has 1 aliphatic heterocycles.